The fourth-order valence-electron chi connectivity index (χ4n) is 2.43. The summed E-state index contributed by atoms with van der Waals surface area (Å²) in [5.74, 6) is 0.0681. The van der Waals surface area contributed by atoms with Crippen LogP contribution in [0.2, 0.25) is 0 Å². The van der Waals surface area contributed by atoms with Crippen molar-refractivity contribution in [2.45, 2.75) is 18.9 Å². The molecular formula is C13H17BrF2N2O. The molecule has 1 fully saturated rings. The van der Waals surface area contributed by atoms with Gasteiger partial charge in [0.2, 0.25) is 6.43 Å². The van der Waals surface area contributed by atoms with Crippen LogP contribution in [0.25, 0.3) is 0 Å². The molecule has 0 spiro atoms. The maximum Gasteiger partial charge on any atom is 0.240 e. The summed E-state index contributed by atoms with van der Waals surface area (Å²) >= 11 is 3.26. The van der Waals surface area contributed by atoms with Crippen LogP contribution >= 0.6 is 15.9 Å². The molecule has 0 bridgehead atoms. The minimum atomic E-state index is -2.39. The van der Waals surface area contributed by atoms with Gasteiger partial charge in [0.15, 0.2) is 0 Å². The van der Waals surface area contributed by atoms with Crippen LogP contribution in [-0.4, -0.2) is 42.6 Å². The van der Waals surface area contributed by atoms with Gasteiger partial charge in [-0.15, -0.1) is 0 Å². The Kier molecular flexibility index (Phi) is 5.13. The van der Waals surface area contributed by atoms with Gasteiger partial charge in [-0.2, -0.15) is 0 Å². The van der Waals surface area contributed by atoms with E-state index in [0.717, 1.165) is 17.6 Å². The van der Waals surface area contributed by atoms with Crippen LogP contribution in [0.15, 0.2) is 22.7 Å². The highest BCUT2D eigenvalue weighted by atomic mass is 79.9. The van der Waals surface area contributed by atoms with E-state index in [1.807, 2.05) is 4.90 Å². The number of halogens is 3. The van der Waals surface area contributed by atoms with Crippen molar-refractivity contribution in [1.29, 1.82) is 0 Å². The molecule has 1 aromatic carbocycles. The zero-order valence-corrected chi connectivity index (χ0v) is 12.0. The lowest BCUT2D eigenvalue weighted by Gasteiger charge is -2.35. The predicted molar refractivity (Wildman–Crippen MR) is 73.6 cm³/mol. The van der Waals surface area contributed by atoms with Gasteiger partial charge in [0.1, 0.15) is 5.75 Å². The van der Waals surface area contributed by atoms with Gasteiger partial charge in [0, 0.05) is 48.7 Å². The lowest BCUT2D eigenvalue weighted by Crippen LogP contribution is -2.45. The lowest BCUT2D eigenvalue weighted by atomic mass is 10.0. The van der Waals surface area contributed by atoms with E-state index < -0.39 is 12.5 Å². The number of phenols is 1. The maximum absolute atomic E-state index is 12.8. The van der Waals surface area contributed by atoms with Gasteiger partial charge in [0.25, 0.3) is 0 Å². The Bertz CT molecular complexity index is 425. The van der Waals surface area contributed by atoms with Crippen molar-refractivity contribution < 1.29 is 13.9 Å². The van der Waals surface area contributed by atoms with Crippen molar-refractivity contribution in [3.05, 3.63) is 28.2 Å². The van der Waals surface area contributed by atoms with E-state index in [1.165, 1.54) is 0 Å². The highest BCUT2D eigenvalue weighted by Gasteiger charge is 2.27. The first-order valence-electron chi connectivity index (χ1n) is 6.29. The highest BCUT2D eigenvalue weighted by Crippen LogP contribution is 2.34. The van der Waals surface area contributed by atoms with Crippen LogP contribution < -0.4 is 5.32 Å². The molecule has 1 saturated heterocycles. The second-order valence-electron chi connectivity index (χ2n) is 4.63. The van der Waals surface area contributed by atoms with Crippen LogP contribution in [0.4, 0.5) is 8.78 Å². The molecule has 1 atom stereocenters. The Labute approximate surface area is 119 Å². The minimum absolute atomic E-state index is 0.0681. The summed E-state index contributed by atoms with van der Waals surface area (Å²) in [4.78, 5) is 2.01. The van der Waals surface area contributed by atoms with E-state index in [9.17, 15) is 13.9 Å². The summed E-state index contributed by atoms with van der Waals surface area (Å²) in [6.45, 7) is 3.01. The Morgan fingerprint density at radius 2 is 2.00 bits per heavy atom. The first-order valence-corrected chi connectivity index (χ1v) is 7.08. The number of aromatic hydroxyl groups is 1. The third-order valence-corrected chi connectivity index (χ3v) is 3.84. The average molecular weight is 335 g/mol. The molecule has 0 amide bonds. The summed E-state index contributed by atoms with van der Waals surface area (Å²) in [6.07, 6.45) is -2.64. The third-order valence-electron chi connectivity index (χ3n) is 3.35. The number of benzene rings is 1. The van der Waals surface area contributed by atoms with E-state index in [1.54, 1.807) is 18.2 Å². The van der Waals surface area contributed by atoms with Gasteiger partial charge in [-0.3, -0.25) is 4.90 Å². The molecule has 1 aliphatic heterocycles. The van der Waals surface area contributed by atoms with E-state index in [-0.39, 0.29) is 12.2 Å². The molecule has 1 heterocycles. The summed E-state index contributed by atoms with van der Waals surface area (Å²) in [7, 11) is 0. The lowest BCUT2D eigenvalue weighted by molar-refractivity contribution is 0.0730. The molecule has 1 aliphatic rings. The van der Waals surface area contributed by atoms with Crippen LogP contribution in [-0.2, 0) is 0 Å². The second kappa shape index (κ2) is 6.63. The molecule has 2 N–H and O–H groups in total. The molecule has 6 heteroatoms. The largest absolute Gasteiger partial charge is 0.508 e. The van der Waals surface area contributed by atoms with E-state index in [4.69, 9.17) is 0 Å². The van der Waals surface area contributed by atoms with Crippen molar-refractivity contribution in [3.8, 4) is 5.75 Å². The van der Waals surface area contributed by atoms with Crippen molar-refractivity contribution in [1.82, 2.24) is 10.2 Å². The molecule has 0 unspecified atom stereocenters. The number of hydrogen-bond donors (Lipinski definition) is 2. The van der Waals surface area contributed by atoms with Gasteiger partial charge in [-0.25, -0.2) is 8.78 Å². The number of nitrogens with one attached hydrogen (secondary N) is 1. The van der Waals surface area contributed by atoms with Crippen LogP contribution in [0.3, 0.4) is 0 Å². The molecule has 2 rings (SSSR count). The molecule has 0 saturated carbocycles. The van der Waals surface area contributed by atoms with Gasteiger partial charge >= 0.3 is 0 Å². The number of piperazine rings is 1. The van der Waals surface area contributed by atoms with Crippen molar-refractivity contribution >= 4 is 15.9 Å². The quantitative estimate of drug-likeness (QED) is 0.888. The van der Waals surface area contributed by atoms with Crippen LogP contribution in [0.1, 0.15) is 18.0 Å². The SMILES string of the molecule is Oc1cc(Br)ccc1[C@H](CC(F)F)N1CCNCC1. The number of hydrogen-bond acceptors (Lipinski definition) is 3. The van der Waals surface area contributed by atoms with E-state index in [0.29, 0.717) is 18.7 Å². The molecule has 19 heavy (non-hydrogen) atoms. The first kappa shape index (κ1) is 14.7. The maximum atomic E-state index is 12.8. The summed E-state index contributed by atoms with van der Waals surface area (Å²) < 4.78 is 26.3. The van der Waals surface area contributed by atoms with Crippen molar-refractivity contribution in [3.63, 3.8) is 0 Å². The predicted octanol–water partition coefficient (Wildman–Crippen LogP) is 2.76. The Hall–Kier alpha value is -0.720. The van der Waals surface area contributed by atoms with Gasteiger partial charge in [-0.05, 0) is 12.1 Å². The number of phenolic OH excluding ortho intramolecular Hbond substituents is 1. The standard InChI is InChI=1S/C13H17BrF2N2O/c14-9-1-2-10(12(19)7-9)11(8-13(15)16)18-5-3-17-4-6-18/h1-2,7,11,13,17,19H,3-6,8H2/t11-/m0/s1. The monoisotopic (exact) mass is 334 g/mol. The van der Waals surface area contributed by atoms with Crippen LogP contribution in [0.5, 0.6) is 5.75 Å². The summed E-state index contributed by atoms with van der Waals surface area (Å²) in [5.41, 5.74) is 0.574. The van der Waals surface area contributed by atoms with Gasteiger partial charge in [0.05, 0.1) is 0 Å². The van der Waals surface area contributed by atoms with E-state index >= 15 is 0 Å². The summed E-state index contributed by atoms with van der Waals surface area (Å²) in [5, 5.41) is 13.2. The normalized spacial score (nSPS) is 18.7. The molecule has 3 nitrogen and oxygen atoms in total. The van der Waals surface area contributed by atoms with Gasteiger partial charge < -0.3 is 10.4 Å². The second-order valence-corrected chi connectivity index (χ2v) is 5.55. The average Bonchev–Trinajstić information content (AvgIpc) is 2.37. The zero-order valence-electron chi connectivity index (χ0n) is 10.5. The molecule has 0 aromatic heterocycles. The zero-order chi connectivity index (χ0) is 13.8. The fourth-order valence-corrected chi connectivity index (χ4v) is 2.78. The third kappa shape index (κ3) is 3.87. The molecule has 106 valence electrons. The minimum Gasteiger partial charge on any atom is -0.508 e. The summed E-state index contributed by atoms with van der Waals surface area (Å²) in [6, 6.07) is 4.61. The number of alkyl halides is 2. The van der Waals surface area contributed by atoms with E-state index in [2.05, 4.69) is 21.2 Å². The fraction of sp³-hybridized carbons (Fsp3) is 0.538. The van der Waals surface area contributed by atoms with Crippen LogP contribution in [0, 0.1) is 0 Å². The number of rotatable bonds is 4. The smallest absolute Gasteiger partial charge is 0.240 e. The topological polar surface area (TPSA) is 35.5 Å². The van der Waals surface area contributed by atoms with Gasteiger partial charge in [-0.1, -0.05) is 22.0 Å². The van der Waals surface area contributed by atoms with Crippen molar-refractivity contribution in [2.24, 2.45) is 0 Å². The first-order chi connectivity index (χ1) is 9.08. The molecular weight excluding hydrogens is 318 g/mol. The molecule has 0 aliphatic carbocycles. The Morgan fingerprint density at radius 1 is 1.32 bits per heavy atom. The van der Waals surface area contributed by atoms with Crippen molar-refractivity contribution in [2.75, 3.05) is 26.2 Å². The Balaban J connectivity index is 2.25. The molecule has 0 radical (unpaired) electrons. The Morgan fingerprint density at radius 3 is 2.58 bits per heavy atom. The highest BCUT2D eigenvalue weighted by molar-refractivity contribution is 9.10. The molecule has 1 aromatic rings. The number of nitrogens with zero attached hydrogens (tertiary/aromatic N) is 1.